The van der Waals surface area contributed by atoms with Gasteiger partial charge < -0.3 is 4.90 Å². The van der Waals surface area contributed by atoms with Crippen LogP contribution in [0, 0.1) is 6.92 Å². The largest absolute Gasteiger partial charge is 0.417 e. The molecule has 27 heavy (non-hydrogen) atoms. The Morgan fingerprint density at radius 2 is 1.85 bits per heavy atom. The molecular weight excluding hydrogens is 357 g/mol. The van der Waals surface area contributed by atoms with E-state index in [0.717, 1.165) is 44.6 Å². The fourth-order valence-electron chi connectivity index (χ4n) is 3.84. The number of hydrogen-bond donors (Lipinski definition) is 0. The molecule has 1 amide bonds. The van der Waals surface area contributed by atoms with Crippen molar-refractivity contribution in [1.29, 1.82) is 0 Å². The lowest BCUT2D eigenvalue weighted by atomic mass is 10.1. The van der Waals surface area contributed by atoms with Crippen LogP contribution in [-0.4, -0.2) is 38.7 Å². The third-order valence-corrected chi connectivity index (χ3v) is 5.44. The van der Waals surface area contributed by atoms with Gasteiger partial charge in [-0.15, -0.1) is 0 Å². The van der Waals surface area contributed by atoms with Crippen LogP contribution < -0.4 is 0 Å². The summed E-state index contributed by atoms with van der Waals surface area (Å²) in [6.45, 7) is 2.88. The molecule has 2 fully saturated rings. The number of likely N-dealkylation sites (tertiary alicyclic amines) is 1. The molecule has 1 saturated carbocycles. The average Bonchev–Trinajstić information content (AvgIpc) is 3.43. The molecular formula is C19H23F3N4O. The number of carbonyl (C=O) groups excluding carboxylic acids is 1. The predicted molar refractivity (Wildman–Crippen MR) is 94.3 cm³/mol. The molecule has 2 aromatic rings. The van der Waals surface area contributed by atoms with E-state index in [1.807, 2.05) is 0 Å². The number of amides is 1. The molecule has 1 aliphatic carbocycles. The lowest BCUT2D eigenvalue weighted by Gasteiger charge is -2.20. The van der Waals surface area contributed by atoms with Gasteiger partial charge >= 0.3 is 6.18 Å². The van der Waals surface area contributed by atoms with Crippen molar-refractivity contribution in [3.8, 4) is 0 Å². The van der Waals surface area contributed by atoms with Crippen molar-refractivity contribution in [2.75, 3.05) is 13.1 Å². The van der Waals surface area contributed by atoms with E-state index in [-0.39, 0.29) is 35.1 Å². The molecule has 1 saturated heterocycles. The van der Waals surface area contributed by atoms with Gasteiger partial charge in [-0.3, -0.25) is 4.79 Å². The molecule has 2 aromatic heterocycles. The van der Waals surface area contributed by atoms with Crippen LogP contribution in [-0.2, 0) is 17.5 Å². The van der Waals surface area contributed by atoms with Crippen LogP contribution in [0.2, 0.25) is 0 Å². The van der Waals surface area contributed by atoms with Crippen molar-refractivity contribution in [2.24, 2.45) is 0 Å². The Balaban J connectivity index is 1.72. The van der Waals surface area contributed by atoms with Crippen LogP contribution >= 0.6 is 0 Å². The first kappa shape index (κ1) is 18.3. The molecule has 2 aliphatic rings. The van der Waals surface area contributed by atoms with Crippen LogP contribution in [0.15, 0.2) is 6.07 Å². The Bertz CT molecular complexity index is 862. The third kappa shape index (κ3) is 3.66. The van der Waals surface area contributed by atoms with Crippen molar-refractivity contribution in [3.63, 3.8) is 0 Å². The Hall–Kier alpha value is -2.12. The maximum atomic E-state index is 13.6. The zero-order chi connectivity index (χ0) is 19.2. The fraction of sp³-hybridized carbons (Fsp3) is 0.632. The van der Waals surface area contributed by atoms with Crippen molar-refractivity contribution in [3.05, 3.63) is 23.0 Å². The standard InChI is InChI=1S/C19H23F3N4O/c1-12-17-14(19(20,21)22)10-15(13-6-7-13)23-18(17)26(24-12)11-16(27)25-8-4-2-3-5-9-25/h10,13H,2-9,11H2,1H3. The summed E-state index contributed by atoms with van der Waals surface area (Å²) in [4.78, 5) is 19.0. The highest BCUT2D eigenvalue weighted by molar-refractivity contribution is 5.85. The normalized spacial score (nSPS) is 18.7. The van der Waals surface area contributed by atoms with Crippen LogP contribution in [0.3, 0.4) is 0 Å². The molecule has 1 aliphatic heterocycles. The molecule has 0 radical (unpaired) electrons. The lowest BCUT2D eigenvalue weighted by molar-refractivity contribution is -0.136. The van der Waals surface area contributed by atoms with E-state index in [9.17, 15) is 18.0 Å². The molecule has 4 rings (SSSR count). The summed E-state index contributed by atoms with van der Waals surface area (Å²) in [5.74, 6) is -0.0195. The van der Waals surface area contributed by atoms with Gasteiger partial charge in [0.05, 0.1) is 16.6 Å². The van der Waals surface area contributed by atoms with Gasteiger partial charge in [0.25, 0.3) is 0 Å². The van der Waals surface area contributed by atoms with Crippen molar-refractivity contribution < 1.29 is 18.0 Å². The van der Waals surface area contributed by atoms with Crippen molar-refractivity contribution in [2.45, 2.75) is 64.1 Å². The number of halogens is 3. The molecule has 0 spiro atoms. The van der Waals surface area contributed by atoms with E-state index in [0.29, 0.717) is 18.8 Å². The Morgan fingerprint density at radius 3 is 2.44 bits per heavy atom. The number of aryl methyl sites for hydroxylation is 1. The minimum Gasteiger partial charge on any atom is -0.341 e. The van der Waals surface area contributed by atoms with E-state index in [1.165, 1.54) is 4.68 Å². The minimum absolute atomic E-state index is 0.00978. The van der Waals surface area contributed by atoms with E-state index in [4.69, 9.17) is 0 Å². The summed E-state index contributed by atoms with van der Waals surface area (Å²) in [5, 5.41) is 4.26. The molecule has 5 nitrogen and oxygen atoms in total. The second-order valence-electron chi connectivity index (χ2n) is 7.60. The Morgan fingerprint density at radius 1 is 1.19 bits per heavy atom. The molecule has 0 N–H and O–H groups in total. The molecule has 8 heteroatoms. The summed E-state index contributed by atoms with van der Waals surface area (Å²) < 4.78 is 42.2. The van der Waals surface area contributed by atoms with Gasteiger partial charge in [0.15, 0.2) is 5.65 Å². The summed E-state index contributed by atoms with van der Waals surface area (Å²) in [7, 11) is 0. The number of pyridine rings is 1. The first-order valence-electron chi connectivity index (χ1n) is 9.57. The molecule has 0 unspecified atom stereocenters. The van der Waals surface area contributed by atoms with Gasteiger partial charge in [-0.1, -0.05) is 12.8 Å². The van der Waals surface area contributed by atoms with Crippen LogP contribution in [0.1, 0.15) is 61.4 Å². The van der Waals surface area contributed by atoms with E-state index >= 15 is 0 Å². The maximum absolute atomic E-state index is 13.6. The highest BCUT2D eigenvalue weighted by atomic mass is 19.4. The number of aromatic nitrogens is 3. The predicted octanol–water partition coefficient (Wildman–Crippen LogP) is 4.04. The molecule has 3 heterocycles. The minimum atomic E-state index is -4.47. The number of rotatable bonds is 3. The molecule has 0 bridgehead atoms. The zero-order valence-electron chi connectivity index (χ0n) is 15.3. The summed E-state index contributed by atoms with van der Waals surface area (Å²) in [5.41, 5.74) is 0.196. The third-order valence-electron chi connectivity index (χ3n) is 5.44. The van der Waals surface area contributed by atoms with Gasteiger partial charge in [-0.25, -0.2) is 9.67 Å². The molecule has 146 valence electrons. The van der Waals surface area contributed by atoms with Crippen molar-refractivity contribution >= 4 is 16.9 Å². The highest BCUT2D eigenvalue weighted by Crippen LogP contribution is 2.43. The zero-order valence-corrected chi connectivity index (χ0v) is 15.3. The number of carbonyl (C=O) groups is 1. The number of fused-ring (bicyclic) bond motifs is 1. The van der Waals surface area contributed by atoms with E-state index in [1.54, 1.807) is 11.8 Å². The van der Waals surface area contributed by atoms with Crippen LogP contribution in [0.25, 0.3) is 11.0 Å². The summed E-state index contributed by atoms with van der Waals surface area (Å²) >= 11 is 0. The van der Waals surface area contributed by atoms with Crippen LogP contribution in [0.5, 0.6) is 0 Å². The quantitative estimate of drug-likeness (QED) is 0.808. The van der Waals surface area contributed by atoms with Crippen molar-refractivity contribution in [1.82, 2.24) is 19.7 Å². The summed E-state index contributed by atoms with van der Waals surface area (Å²) in [6, 6.07) is 1.16. The first-order chi connectivity index (χ1) is 12.8. The second-order valence-corrected chi connectivity index (χ2v) is 7.60. The number of alkyl halides is 3. The topological polar surface area (TPSA) is 51.0 Å². The highest BCUT2D eigenvalue weighted by Gasteiger charge is 2.37. The van der Waals surface area contributed by atoms with Gasteiger partial charge in [0.2, 0.25) is 5.91 Å². The first-order valence-corrected chi connectivity index (χ1v) is 9.57. The van der Waals surface area contributed by atoms with Gasteiger partial charge in [-0.05, 0) is 38.7 Å². The maximum Gasteiger partial charge on any atom is 0.417 e. The Labute approximate surface area is 155 Å². The monoisotopic (exact) mass is 380 g/mol. The van der Waals surface area contributed by atoms with E-state index in [2.05, 4.69) is 10.1 Å². The second kappa shape index (κ2) is 6.80. The van der Waals surface area contributed by atoms with Gasteiger partial charge in [0, 0.05) is 24.7 Å². The summed E-state index contributed by atoms with van der Waals surface area (Å²) in [6.07, 6.45) is 1.38. The van der Waals surface area contributed by atoms with Gasteiger partial charge in [-0.2, -0.15) is 18.3 Å². The smallest absolute Gasteiger partial charge is 0.341 e. The number of nitrogens with zero attached hydrogens (tertiary/aromatic N) is 4. The van der Waals surface area contributed by atoms with Gasteiger partial charge in [0.1, 0.15) is 6.54 Å². The lowest BCUT2D eigenvalue weighted by Crippen LogP contribution is -2.34. The fourth-order valence-corrected chi connectivity index (χ4v) is 3.84. The van der Waals surface area contributed by atoms with Crippen LogP contribution in [0.4, 0.5) is 13.2 Å². The molecule has 0 aromatic carbocycles. The number of hydrogen-bond acceptors (Lipinski definition) is 3. The molecule has 0 atom stereocenters. The average molecular weight is 380 g/mol. The van der Waals surface area contributed by atoms with E-state index < -0.39 is 11.7 Å². The Kier molecular flexibility index (Phi) is 4.60. The SMILES string of the molecule is Cc1nn(CC(=O)N2CCCCCC2)c2nc(C3CC3)cc(C(F)(F)F)c12.